The van der Waals surface area contributed by atoms with Gasteiger partial charge in [-0.2, -0.15) is 0 Å². The maximum atomic E-state index is 13.3. The summed E-state index contributed by atoms with van der Waals surface area (Å²) in [7, 11) is 0. The Labute approximate surface area is 107 Å². The van der Waals surface area contributed by atoms with Gasteiger partial charge in [0, 0.05) is 11.7 Å². The minimum absolute atomic E-state index is 0.181. The predicted molar refractivity (Wildman–Crippen MR) is 71.0 cm³/mol. The second-order valence-corrected chi connectivity index (χ2v) is 5.68. The van der Waals surface area contributed by atoms with Crippen LogP contribution < -0.4 is 5.32 Å². The fourth-order valence-corrected chi connectivity index (χ4v) is 2.65. The van der Waals surface area contributed by atoms with Gasteiger partial charge in [0.15, 0.2) is 0 Å². The molecule has 1 aliphatic rings. The molecule has 0 amide bonds. The molecule has 94 valence electrons. The molecule has 0 bridgehead atoms. The summed E-state index contributed by atoms with van der Waals surface area (Å²) in [6.45, 7) is 4.54. The summed E-state index contributed by atoms with van der Waals surface area (Å²) in [5, 5.41) is 3.61. The number of rotatable bonds is 2. The van der Waals surface area contributed by atoms with Crippen LogP contribution in [0, 0.1) is 17.7 Å². The van der Waals surface area contributed by atoms with Gasteiger partial charge in [0.05, 0.1) is 5.02 Å². The highest BCUT2D eigenvalue weighted by Gasteiger charge is 2.25. The van der Waals surface area contributed by atoms with Crippen molar-refractivity contribution in [1.82, 2.24) is 0 Å². The fourth-order valence-electron chi connectivity index (χ4n) is 2.53. The highest BCUT2D eigenvalue weighted by Crippen LogP contribution is 2.31. The minimum atomic E-state index is -0.354. The number of hydrogen-bond acceptors (Lipinski definition) is 1. The minimum Gasteiger partial charge on any atom is -0.382 e. The van der Waals surface area contributed by atoms with Crippen LogP contribution in [0.5, 0.6) is 0 Å². The Kier molecular flexibility index (Phi) is 3.93. The Morgan fingerprint density at radius 1 is 1.29 bits per heavy atom. The first-order valence-corrected chi connectivity index (χ1v) is 6.65. The van der Waals surface area contributed by atoms with Gasteiger partial charge in [-0.25, -0.2) is 4.39 Å². The van der Waals surface area contributed by atoms with Crippen molar-refractivity contribution in [3.63, 3.8) is 0 Å². The Morgan fingerprint density at radius 3 is 2.76 bits per heavy atom. The molecule has 0 saturated heterocycles. The molecule has 3 unspecified atom stereocenters. The van der Waals surface area contributed by atoms with E-state index < -0.39 is 0 Å². The molecule has 0 aromatic heterocycles. The SMILES string of the molecule is CC1CCC(C)C(Nc2ccc(Cl)c(F)c2)C1. The molecule has 0 heterocycles. The summed E-state index contributed by atoms with van der Waals surface area (Å²) in [6, 6.07) is 5.38. The van der Waals surface area contributed by atoms with Crippen molar-refractivity contribution in [2.45, 2.75) is 39.2 Å². The van der Waals surface area contributed by atoms with E-state index in [1.807, 2.05) is 6.07 Å². The van der Waals surface area contributed by atoms with Gasteiger partial charge in [-0.3, -0.25) is 0 Å². The van der Waals surface area contributed by atoms with Gasteiger partial charge in [-0.05, 0) is 42.9 Å². The molecule has 1 nitrogen and oxygen atoms in total. The number of anilines is 1. The van der Waals surface area contributed by atoms with Gasteiger partial charge in [0.1, 0.15) is 5.82 Å². The van der Waals surface area contributed by atoms with Gasteiger partial charge >= 0.3 is 0 Å². The lowest BCUT2D eigenvalue weighted by molar-refractivity contribution is 0.280. The van der Waals surface area contributed by atoms with Crippen molar-refractivity contribution in [2.75, 3.05) is 5.32 Å². The fraction of sp³-hybridized carbons (Fsp3) is 0.571. The quantitative estimate of drug-likeness (QED) is 0.807. The molecule has 1 N–H and O–H groups in total. The molecule has 2 rings (SSSR count). The summed E-state index contributed by atoms with van der Waals surface area (Å²) in [6.07, 6.45) is 3.70. The topological polar surface area (TPSA) is 12.0 Å². The molecule has 1 aromatic carbocycles. The zero-order valence-electron chi connectivity index (χ0n) is 10.3. The third-order valence-corrected chi connectivity index (χ3v) is 4.04. The first-order valence-electron chi connectivity index (χ1n) is 6.28. The van der Waals surface area contributed by atoms with E-state index in [1.54, 1.807) is 6.07 Å². The van der Waals surface area contributed by atoms with Crippen molar-refractivity contribution < 1.29 is 4.39 Å². The highest BCUT2D eigenvalue weighted by molar-refractivity contribution is 6.30. The lowest BCUT2D eigenvalue weighted by atomic mass is 9.80. The van der Waals surface area contributed by atoms with Gasteiger partial charge in [0.2, 0.25) is 0 Å². The van der Waals surface area contributed by atoms with Gasteiger partial charge < -0.3 is 5.32 Å². The van der Waals surface area contributed by atoms with Crippen LogP contribution in [0.25, 0.3) is 0 Å². The number of hydrogen-bond donors (Lipinski definition) is 1. The zero-order valence-corrected chi connectivity index (χ0v) is 11.1. The van der Waals surface area contributed by atoms with Gasteiger partial charge in [-0.15, -0.1) is 0 Å². The smallest absolute Gasteiger partial charge is 0.143 e. The summed E-state index contributed by atoms with van der Waals surface area (Å²) >= 11 is 5.67. The van der Waals surface area contributed by atoms with Crippen molar-refractivity contribution in [2.24, 2.45) is 11.8 Å². The Bertz CT molecular complexity index is 394. The molecular formula is C14H19ClFN. The standard InChI is InChI=1S/C14H19ClFN/c1-9-3-4-10(2)14(7-9)17-11-5-6-12(15)13(16)8-11/h5-6,8-10,14,17H,3-4,7H2,1-2H3. The van der Waals surface area contributed by atoms with Crippen molar-refractivity contribution in [3.8, 4) is 0 Å². The van der Waals surface area contributed by atoms with E-state index in [1.165, 1.54) is 18.9 Å². The van der Waals surface area contributed by atoms with E-state index in [2.05, 4.69) is 19.2 Å². The second-order valence-electron chi connectivity index (χ2n) is 5.28. The normalized spacial score (nSPS) is 29.1. The molecule has 1 aromatic rings. The van der Waals surface area contributed by atoms with Crippen LogP contribution in [0.4, 0.5) is 10.1 Å². The Hall–Kier alpha value is -0.760. The molecular weight excluding hydrogens is 237 g/mol. The van der Waals surface area contributed by atoms with Gasteiger partial charge in [0.25, 0.3) is 0 Å². The lowest BCUT2D eigenvalue weighted by Crippen LogP contribution is -2.33. The molecule has 1 fully saturated rings. The zero-order chi connectivity index (χ0) is 12.4. The van der Waals surface area contributed by atoms with Crippen LogP contribution >= 0.6 is 11.6 Å². The van der Waals surface area contributed by atoms with Crippen LogP contribution in [-0.2, 0) is 0 Å². The number of benzene rings is 1. The van der Waals surface area contributed by atoms with E-state index in [0.717, 1.165) is 18.0 Å². The number of nitrogens with one attached hydrogen (secondary N) is 1. The summed E-state index contributed by atoms with van der Waals surface area (Å²) in [4.78, 5) is 0. The molecule has 17 heavy (non-hydrogen) atoms. The highest BCUT2D eigenvalue weighted by atomic mass is 35.5. The molecule has 0 radical (unpaired) electrons. The first-order chi connectivity index (χ1) is 8.06. The Morgan fingerprint density at radius 2 is 2.06 bits per heavy atom. The molecule has 3 atom stereocenters. The van der Waals surface area contributed by atoms with E-state index >= 15 is 0 Å². The average molecular weight is 256 g/mol. The van der Waals surface area contributed by atoms with Crippen molar-refractivity contribution in [3.05, 3.63) is 29.0 Å². The van der Waals surface area contributed by atoms with E-state index in [-0.39, 0.29) is 10.8 Å². The maximum Gasteiger partial charge on any atom is 0.143 e. The summed E-state index contributed by atoms with van der Waals surface area (Å²) in [5.41, 5.74) is 0.831. The molecule has 1 saturated carbocycles. The molecule has 0 aliphatic heterocycles. The molecule has 1 aliphatic carbocycles. The van der Waals surface area contributed by atoms with Crippen LogP contribution in [0.1, 0.15) is 33.1 Å². The van der Waals surface area contributed by atoms with Crippen LogP contribution in [0.15, 0.2) is 18.2 Å². The average Bonchev–Trinajstić information content (AvgIpc) is 2.29. The third-order valence-electron chi connectivity index (χ3n) is 3.73. The van der Waals surface area contributed by atoms with Crippen molar-refractivity contribution in [1.29, 1.82) is 0 Å². The maximum absolute atomic E-state index is 13.3. The van der Waals surface area contributed by atoms with Crippen molar-refractivity contribution >= 4 is 17.3 Å². The number of halogens is 2. The monoisotopic (exact) mass is 255 g/mol. The summed E-state index contributed by atoms with van der Waals surface area (Å²) in [5.74, 6) is 1.04. The van der Waals surface area contributed by atoms with E-state index in [0.29, 0.717) is 12.0 Å². The lowest BCUT2D eigenvalue weighted by Gasteiger charge is -2.34. The largest absolute Gasteiger partial charge is 0.382 e. The predicted octanol–water partition coefficient (Wildman–Crippen LogP) is 4.72. The third kappa shape index (κ3) is 3.12. The summed E-state index contributed by atoms with van der Waals surface area (Å²) < 4.78 is 13.3. The first kappa shape index (κ1) is 12.7. The van der Waals surface area contributed by atoms with E-state index in [9.17, 15) is 4.39 Å². The van der Waals surface area contributed by atoms with E-state index in [4.69, 9.17) is 11.6 Å². The second kappa shape index (κ2) is 5.26. The molecule has 3 heteroatoms. The molecule has 0 spiro atoms. The Balaban J connectivity index is 2.06. The van der Waals surface area contributed by atoms with Crippen LogP contribution in [0.3, 0.4) is 0 Å². The van der Waals surface area contributed by atoms with Crippen LogP contribution in [-0.4, -0.2) is 6.04 Å². The van der Waals surface area contributed by atoms with Crippen LogP contribution in [0.2, 0.25) is 5.02 Å². The van der Waals surface area contributed by atoms with Gasteiger partial charge in [-0.1, -0.05) is 31.9 Å².